The van der Waals surface area contributed by atoms with Gasteiger partial charge in [-0.3, -0.25) is 0 Å². The van der Waals surface area contributed by atoms with Crippen molar-refractivity contribution in [1.82, 2.24) is 9.97 Å². The molecule has 2 atom stereocenters. The van der Waals surface area contributed by atoms with Gasteiger partial charge in [0, 0.05) is 19.3 Å². The Morgan fingerprint density at radius 2 is 1.79 bits per heavy atom. The van der Waals surface area contributed by atoms with E-state index in [1.54, 1.807) is 6.20 Å². The van der Waals surface area contributed by atoms with Crippen LogP contribution in [0, 0.1) is 22.7 Å². The molecule has 0 bridgehead atoms. The number of piperidine rings is 1. The summed E-state index contributed by atoms with van der Waals surface area (Å²) in [5.74, 6) is 3.24. The van der Waals surface area contributed by atoms with Gasteiger partial charge in [-0.25, -0.2) is 9.97 Å². The third-order valence-electron chi connectivity index (χ3n) is 6.81. The lowest BCUT2D eigenvalue weighted by molar-refractivity contribution is 0.210. The van der Waals surface area contributed by atoms with E-state index in [4.69, 9.17) is 11.1 Å². The standard InChI is InChI=1S/C19H29N5/c20-12-16-18(21)23-17(13-22-16)24-8-6-19(7-9-24)10-14-4-2-1-3-5-15(14)11-19/h12-15,20H,1-11H2,(H2,21,23). The fourth-order valence-corrected chi connectivity index (χ4v) is 5.48. The Morgan fingerprint density at radius 1 is 1.12 bits per heavy atom. The number of nitrogens with two attached hydrogens (primary N) is 1. The highest BCUT2D eigenvalue weighted by Gasteiger charge is 2.46. The monoisotopic (exact) mass is 327 g/mol. The van der Waals surface area contributed by atoms with E-state index in [0.29, 0.717) is 16.9 Å². The minimum Gasteiger partial charge on any atom is -0.382 e. The van der Waals surface area contributed by atoms with E-state index >= 15 is 0 Å². The molecule has 5 nitrogen and oxygen atoms in total. The molecule has 1 saturated heterocycles. The van der Waals surface area contributed by atoms with Crippen molar-refractivity contribution < 1.29 is 0 Å². The highest BCUT2D eigenvalue weighted by molar-refractivity contribution is 5.80. The average molecular weight is 327 g/mol. The van der Waals surface area contributed by atoms with Crippen molar-refractivity contribution in [2.75, 3.05) is 23.7 Å². The SMILES string of the molecule is N=Cc1ncc(N2CCC3(CC2)CC2CCCCCC2C3)nc1N. The van der Waals surface area contributed by atoms with Crippen LogP contribution in [0.15, 0.2) is 6.20 Å². The Hall–Kier alpha value is -1.65. The highest BCUT2D eigenvalue weighted by Crippen LogP contribution is 2.55. The third-order valence-corrected chi connectivity index (χ3v) is 6.81. The van der Waals surface area contributed by atoms with Crippen molar-refractivity contribution in [2.45, 2.75) is 57.8 Å². The van der Waals surface area contributed by atoms with Gasteiger partial charge in [-0.1, -0.05) is 32.1 Å². The van der Waals surface area contributed by atoms with E-state index in [1.165, 1.54) is 64.0 Å². The summed E-state index contributed by atoms with van der Waals surface area (Å²) in [6.07, 6.45) is 15.8. The molecule has 2 unspecified atom stereocenters. The van der Waals surface area contributed by atoms with Crippen molar-refractivity contribution in [2.24, 2.45) is 17.3 Å². The molecule has 2 saturated carbocycles. The minimum atomic E-state index is 0.367. The topological polar surface area (TPSA) is 78.9 Å². The summed E-state index contributed by atoms with van der Waals surface area (Å²) < 4.78 is 0. The number of hydrogen-bond acceptors (Lipinski definition) is 5. The number of nitrogen functional groups attached to an aromatic ring is 1. The van der Waals surface area contributed by atoms with Gasteiger partial charge in [0.1, 0.15) is 11.5 Å². The molecule has 2 heterocycles. The van der Waals surface area contributed by atoms with Crippen molar-refractivity contribution in [3.05, 3.63) is 11.9 Å². The van der Waals surface area contributed by atoms with E-state index in [9.17, 15) is 0 Å². The summed E-state index contributed by atoms with van der Waals surface area (Å²) in [6, 6.07) is 0. The number of hydrogen-bond donors (Lipinski definition) is 2. The normalized spacial score (nSPS) is 29.2. The number of nitrogens with zero attached hydrogens (tertiary/aromatic N) is 3. The number of nitrogens with one attached hydrogen (secondary N) is 1. The minimum absolute atomic E-state index is 0.367. The lowest BCUT2D eigenvalue weighted by Gasteiger charge is -2.40. The molecule has 0 amide bonds. The van der Waals surface area contributed by atoms with Crippen molar-refractivity contribution in [1.29, 1.82) is 5.41 Å². The first-order chi connectivity index (χ1) is 11.7. The average Bonchev–Trinajstić information content (AvgIpc) is 2.78. The quantitative estimate of drug-likeness (QED) is 0.813. The van der Waals surface area contributed by atoms with Crippen molar-refractivity contribution >= 4 is 17.9 Å². The molecule has 2 aliphatic carbocycles. The fourth-order valence-electron chi connectivity index (χ4n) is 5.48. The molecule has 3 aliphatic rings. The highest BCUT2D eigenvalue weighted by atomic mass is 15.2. The van der Waals surface area contributed by atoms with Crippen LogP contribution in [0.3, 0.4) is 0 Å². The van der Waals surface area contributed by atoms with Crippen LogP contribution in [-0.2, 0) is 0 Å². The lowest BCUT2D eigenvalue weighted by atomic mass is 9.75. The van der Waals surface area contributed by atoms with Gasteiger partial charge in [0.05, 0.1) is 6.20 Å². The van der Waals surface area contributed by atoms with Crippen LogP contribution in [0.2, 0.25) is 0 Å². The van der Waals surface area contributed by atoms with Crippen LogP contribution in [0.5, 0.6) is 0 Å². The number of rotatable bonds is 2. The van der Waals surface area contributed by atoms with E-state index in [-0.39, 0.29) is 0 Å². The summed E-state index contributed by atoms with van der Waals surface area (Å²) >= 11 is 0. The molecule has 1 spiro atoms. The van der Waals surface area contributed by atoms with E-state index in [1.807, 2.05) is 0 Å². The second-order valence-electron chi connectivity index (χ2n) is 8.20. The zero-order valence-corrected chi connectivity index (χ0v) is 14.5. The largest absolute Gasteiger partial charge is 0.382 e. The molecule has 3 fully saturated rings. The molecule has 3 N–H and O–H groups in total. The fraction of sp³-hybridized carbons (Fsp3) is 0.737. The molecular formula is C19H29N5. The lowest BCUT2D eigenvalue weighted by Crippen LogP contribution is -2.39. The van der Waals surface area contributed by atoms with Gasteiger partial charge in [-0.2, -0.15) is 0 Å². The van der Waals surface area contributed by atoms with Gasteiger partial charge in [0.25, 0.3) is 0 Å². The Labute approximate surface area is 144 Å². The summed E-state index contributed by atoms with van der Waals surface area (Å²) in [5.41, 5.74) is 6.95. The van der Waals surface area contributed by atoms with Crippen LogP contribution < -0.4 is 10.6 Å². The Kier molecular flexibility index (Phi) is 4.19. The second-order valence-corrected chi connectivity index (χ2v) is 8.20. The van der Waals surface area contributed by atoms with Crippen LogP contribution in [0.25, 0.3) is 0 Å². The molecular weight excluding hydrogens is 298 g/mol. The van der Waals surface area contributed by atoms with Crippen LogP contribution in [0.4, 0.5) is 11.6 Å². The molecule has 5 heteroatoms. The zero-order chi connectivity index (χ0) is 16.6. The Bertz CT molecular complexity index is 590. The first kappa shape index (κ1) is 15.9. The number of fused-ring (bicyclic) bond motifs is 1. The Morgan fingerprint density at radius 3 is 2.38 bits per heavy atom. The zero-order valence-electron chi connectivity index (χ0n) is 14.5. The Balaban J connectivity index is 1.42. The van der Waals surface area contributed by atoms with Gasteiger partial charge in [0.15, 0.2) is 5.82 Å². The van der Waals surface area contributed by atoms with Crippen LogP contribution in [0.1, 0.15) is 63.5 Å². The van der Waals surface area contributed by atoms with Gasteiger partial charge in [0.2, 0.25) is 0 Å². The molecule has 130 valence electrons. The predicted molar refractivity (Wildman–Crippen MR) is 97.5 cm³/mol. The maximum Gasteiger partial charge on any atom is 0.153 e. The summed E-state index contributed by atoms with van der Waals surface area (Å²) in [5, 5.41) is 7.28. The van der Waals surface area contributed by atoms with Gasteiger partial charge in [-0.15, -0.1) is 0 Å². The van der Waals surface area contributed by atoms with Gasteiger partial charge < -0.3 is 16.0 Å². The van der Waals surface area contributed by atoms with Crippen LogP contribution >= 0.6 is 0 Å². The predicted octanol–water partition coefficient (Wildman–Crippen LogP) is 3.63. The molecule has 0 aromatic carbocycles. The summed E-state index contributed by atoms with van der Waals surface area (Å²) in [7, 11) is 0. The number of aromatic nitrogens is 2. The second kappa shape index (κ2) is 6.34. The summed E-state index contributed by atoms with van der Waals surface area (Å²) in [6.45, 7) is 2.13. The maximum absolute atomic E-state index is 7.28. The summed E-state index contributed by atoms with van der Waals surface area (Å²) in [4.78, 5) is 11.0. The van der Waals surface area contributed by atoms with E-state index < -0.39 is 0 Å². The van der Waals surface area contributed by atoms with Crippen molar-refractivity contribution in [3.8, 4) is 0 Å². The molecule has 1 aromatic heterocycles. The molecule has 24 heavy (non-hydrogen) atoms. The van der Waals surface area contributed by atoms with E-state index in [2.05, 4.69) is 14.9 Å². The maximum atomic E-state index is 7.28. The molecule has 1 aliphatic heterocycles. The number of anilines is 2. The van der Waals surface area contributed by atoms with E-state index in [0.717, 1.165) is 30.7 Å². The molecule has 0 radical (unpaired) electrons. The van der Waals surface area contributed by atoms with Crippen molar-refractivity contribution in [3.63, 3.8) is 0 Å². The molecule has 1 aromatic rings. The molecule has 4 rings (SSSR count). The van der Waals surface area contributed by atoms with Gasteiger partial charge >= 0.3 is 0 Å². The smallest absolute Gasteiger partial charge is 0.153 e. The third kappa shape index (κ3) is 2.89. The first-order valence-corrected chi connectivity index (χ1v) is 9.57. The first-order valence-electron chi connectivity index (χ1n) is 9.57. The van der Waals surface area contributed by atoms with Gasteiger partial charge in [-0.05, 0) is 42.9 Å². The van der Waals surface area contributed by atoms with Crippen LogP contribution in [-0.4, -0.2) is 29.3 Å².